The van der Waals surface area contributed by atoms with Crippen LogP contribution in [-0.2, 0) is 33.6 Å². The Hall–Kier alpha value is -4.34. The van der Waals surface area contributed by atoms with Crippen molar-refractivity contribution >= 4 is 46.4 Å². The van der Waals surface area contributed by atoms with Crippen molar-refractivity contribution in [1.82, 2.24) is 25.5 Å². The van der Waals surface area contributed by atoms with Crippen molar-refractivity contribution in [2.75, 3.05) is 7.11 Å². The van der Waals surface area contributed by atoms with E-state index in [0.717, 1.165) is 39.2 Å². The van der Waals surface area contributed by atoms with Crippen molar-refractivity contribution in [2.24, 2.45) is 4.99 Å². The molecule has 1 aromatic heterocycles. The van der Waals surface area contributed by atoms with Gasteiger partial charge in [-0.05, 0) is 63.7 Å². The summed E-state index contributed by atoms with van der Waals surface area (Å²) in [5.74, 6) is -0.425. The molecule has 0 saturated heterocycles. The molecule has 1 unspecified atom stereocenters. The van der Waals surface area contributed by atoms with Crippen LogP contribution in [0.3, 0.4) is 0 Å². The minimum atomic E-state index is -0.358. The minimum absolute atomic E-state index is 0.127. The number of hydrogen-bond acceptors (Lipinski definition) is 7. The van der Waals surface area contributed by atoms with E-state index >= 15 is 0 Å². The van der Waals surface area contributed by atoms with Gasteiger partial charge in [0.1, 0.15) is 11.5 Å². The topological polar surface area (TPSA) is 111 Å². The molecule has 0 saturated carbocycles. The quantitative estimate of drug-likeness (QED) is 0.188. The van der Waals surface area contributed by atoms with Gasteiger partial charge in [0.2, 0.25) is 5.91 Å². The van der Waals surface area contributed by atoms with E-state index in [-0.39, 0.29) is 30.8 Å². The van der Waals surface area contributed by atoms with Crippen LogP contribution in [0.25, 0.3) is 11.3 Å². The summed E-state index contributed by atoms with van der Waals surface area (Å²) in [5.41, 5.74) is 6.09. The van der Waals surface area contributed by atoms with Crippen LogP contribution in [0.5, 0.6) is 0 Å². The molecule has 1 amide bonds. The van der Waals surface area contributed by atoms with E-state index in [1.165, 1.54) is 13.4 Å². The first-order valence-corrected chi connectivity index (χ1v) is 14.1. The number of ether oxygens (including phenoxy) is 1. The maximum atomic E-state index is 13.3. The molecule has 4 aromatic rings. The van der Waals surface area contributed by atoms with Gasteiger partial charge in [0.15, 0.2) is 0 Å². The minimum Gasteiger partial charge on any atom is -0.469 e. The van der Waals surface area contributed by atoms with Crippen LogP contribution in [0.4, 0.5) is 0 Å². The van der Waals surface area contributed by atoms with Crippen LogP contribution in [0, 0.1) is 0 Å². The SMILES string of the molecule is COC(=O)Cc1ccc(C2=C(Cl)N=C(C(Cc3ccccc3)NC(=O)CCc3cc(Cl)ccc3-n3cnnn3)C2)cc1. The molecule has 0 radical (unpaired) electrons. The number of benzene rings is 3. The summed E-state index contributed by atoms with van der Waals surface area (Å²) in [7, 11) is 1.37. The summed E-state index contributed by atoms with van der Waals surface area (Å²) < 4.78 is 6.30. The first-order valence-electron chi connectivity index (χ1n) is 13.4. The van der Waals surface area contributed by atoms with Gasteiger partial charge in [-0.15, -0.1) is 5.10 Å². The van der Waals surface area contributed by atoms with E-state index in [0.29, 0.717) is 29.4 Å². The predicted octanol–water partition coefficient (Wildman–Crippen LogP) is 5.14. The van der Waals surface area contributed by atoms with E-state index in [2.05, 4.69) is 25.8 Å². The highest BCUT2D eigenvalue weighted by Gasteiger charge is 2.27. The molecule has 214 valence electrons. The number of halogens is 2. The maximum Gasteiger partial charge on any atom is 0.309 e. The average Bonchev–Trinajstić information content (AvgIpc) is 3.67. The number of aryl methyl sites for hydroxylation is 1. The molecule has 3 aromatic carbocycles. The lowest BCUT2D eigenvalue weighted by Crippen LogP contribution is -2.42. The largest absolute Gasteiger partial charge is 0.469 e. The Morgan fingerprint density at radius 2 is 1.81 bits per heavy atom. The molecule has 1 aliphatic rings. The third-order valence-corrected chi connectivity index (χ3v) is 7.55. The molecule has 9 nitrogen and oxygen atoms in total. The van der Waals surface area contributed by atoms with Crippen molar-refractivity contribution in [2.45, 2.75) is 38.1 Å². The van der Waals surface area contributed by atoms with Gasteiger partial charge in [0.25, 0.3) is 0 Å². The normalized spacial score (nSPS) is 13.5. The van der Waals surface area contributed by atoms with Crippen molar-refractivity contribution in [3.63, 3.8) is 0 Å². The van der Waals surface area contributed by atoms with Crippen molar-refractivity contribution in [3.05, 3.63) is 112 Å². The molecule has 0 fully saturated rings. The number of amides is 1. The first-order chi connectivity index (χ1) is 20.4. The lowest BCUT2D eigenvalue weighted by atomic mass is 9.95. The molecule has 5 rings (SSSR count). The van der Waals surface area contributed by atoms with Crippen LogP contribution in [0.2, 0.25) is 5.02 Å². The van der Waals surface area contributed by atoms with Gasteiger partial charge >= 0.3 is 5.97 Å². The average molecular weight is 604 g/mol. The summed E-state index contributed by atoms with van der Waals surface area (Å²) in [4.78, 5) is 29.6. The van der Waals surface area contributed by atoms with Crippen LogP contribution in [0.1, 0.15) is 35.1 Å². The van der Waals surface area contributed by atoms with E-state index in [1.54, 1.807) is 10.7 Å². The summed E-state index contributed by atoms with van der Waals surface area (Å²) in [6, 6.07) is 22.6. The number of aromatic nitrogens is 4. The number of carbonyl (C=O) groups excluding carboxylic acids is 2. The lowest BCUT2D eigenvalue weighted by molar-refractivity contribution is -0.139. The Morgan fingerprint density at radius 3 is 2.52 bits per heavy atom. The van der Waals surface area contributed by atoms with Crippen molar-refractivity contribution in [3.8, 4) is 5.69 Å². The predicted molar refractivity (Wildman–Crippen MR) is 162 cm³/mol. The number of carbonyl (C=O) groups is 2. The zero-order chi connectivity index (χ0) is 29.5. The molecule has 1 N–H and O–H groups in total. The number of allylic oxidation sites excluding steroid dienone is 1. The third kappa shape index (κ3) is 7.29. The molecule has 42 heavy (non-hydrogen) atoms. The van der Waals surface area contributed by atoms with Crippen LogP contribution < -0.4 is 5.32 Å². The number of tetrazole rings is 1. The first kappa shape index (κ1) is 29.2. The molecule has 0 bridgehead atoms. The Bertz CT molecular complexity index is 1620. The molecule has 0 aliphatic carbocycles. The van der Waals surface area contributed by atoms with E-state index < -0.39 is 0 Å². The zero-order valence-electron chi connectivity index (χ0n) is 22.8. The van der Waals surface area contributed by atoms with Gasteiger partial charge in [-0.2, -0.15) is 0 Å². The standard InChI is InChI=1S/C31H28Cl2N6O3/c1-42-30(41)16-21-7-9-22(10-8-21)25-18-27(36-31(25)33)26(15-20-5-3-2-4-6-20)35-29(40)14-11-23-17-24(32)12-13-28(23)39-19-34-37-38-39/h2-10,12-13,17,19,26H,11,14-16,18H2,1H3,(H,35,40). The Kier molecular flexibility index (Phi) is 9.41. The fourth-order valence-corrected chi connectivity index (χ4v) is 5.32. The van der Waals surface area contributed by atoms with E-state index in [9.17, 15) is 9.59 Å². The zero-order valence-corrected chi connectivity index (χ0v) is 24.3. The maximum absolute atomic E-state index is 13.3. The molecule has 11 heteroatoms. The number of esters is 1. The van der Waals surface area contributed by atoms with Gasteiger partial charge in [-0.3, -0.25) is 9.59 Å². The monoisotopic (exact) mass is 602 g/mol. The Balaban J connectivity index is 1.29. The second kappa shape index (κ2) is 13.5. The highest BCUT2D eigenvalue weighted by Crippen LogP contribution is 2.33. The summed E-state index contributed by atoms with van der Waals surface area (Å²) in [6.45, 7) is 0. The van der Waals surface area contributed by atoms with Gasteiger partial charge in [-0.1, -0.05) is 77.8 Å². The van der Waals surface area contributed by atoms with Gasteiger partial charge in [-0.25, -0.2) is 9.67 Å². The fraction of sp³-hybridized carbons (Fsp3) is 0.226. The fourth-order valence-electron chi connectivity index (χ4n) is 4.84. The van der Waals surface area contributed by atoms with Crippen LogP contribution in [-0.4, -0.2) is 50.9 Å². The molecular weight excluding hydrogens is 575 g/mol. The van der Waals surface area contributed by atoms with Gasteiger partial charge in [0.05, 0.1) is 25.3 Å². The summed E-state index contributed by atoms with van der Waals surface area (Å²) in [5, 5.41) is 15.5. The van der Waals surface area contributed by atoms with E-state index in [1.807, 2.05) is 66.7 Å². The second-order valence-electron chi connectivity index (χ2n) is 9.84. The molecule has 2 heterocycles. The smallest absolute Gasteiger partial charge is 0.309 e. The lowest BCUT2D eigenvalue weighted by Gasteiger charge is -2.20. The number of hydrogen-bond donors (Lipinski definition) is 1. The molecular formula is C31H28Cl2N6O3. The molecule has 0 spiro atoms. The van der Waals surface area contributed by atoms with E-state index in [4.69, 9.17) is 27.9 Å². The number of aliphatic imine (C=N–C) groups is 1. The van der Waals surface area contributed by atoms with Crippen molar-refractivity contribution < 1.29 is 14.3 Å². The Morgan fingerprint density at radius 1 is 1.02 bits per heavy atom. The summed E-state index contributed by atoms with van der Waals surface area (Å²) >= 11 is 12.9. The number of rotatable bonds is 11. The summed E-state index contributed by atoms with van der Waals surface area (Å²) in [6.07, 6.45) is 3.42. The van der Waals surface area contributed by atoms with Crippen molar-refractivity contribution in [1.29, 1.82) is 0 Å². The number of nitrogens with zero attached hydrogens (tertiary/aromatic N) is 5. The Labute approximate surface area is 253 Å². The van der Waals surface area contributed by atoms with Gasteiger partial charge < -0.3 is 10.1 Å². The molecule has 1 atom stereocenters. The second-order valence-corrected chi connectivity index (χ2v) is 10.6. The number of nitrogens with one attached hydrogen (secondary N) is 1. The third-order valence-electron chi connectivity index (χ3n) is 7.01. The van der Waals surface area contributed by atoms with Gasteiger partial charge in [0, 0.05) is 29.1 Å². The molecule has 1 aliphatic heterocycles. The van der Waals surface area contributed by atoms with Crippen LogP contribution in [0.15, 0.2) is 89.3 Å². The van der Waals surface area contributed by atoms with Crippen LogP contribution >= 0.6 is 23.2 Å². The number of methoxy groups -OCH3 is 1. The highest BCUT2D eigenvalue weighted by atomic mass is 35.5. The highest BCUT2D eigenvalue weighted by molar-refractivity contribution is 6.35.